The van der Waals surface area contributed by atoms with Crippen LogP contribution in [0, 0.1) is 5.92 Å². The van der Waals surface area contributed by atoms with Crippen LogP contribution in [-0.2, 0) is 29.2 Å². The SMILES string of the molecule is CC(=O)OC[C@H](NCc1ccccc1)[C@H](CC(C)C)N(Cc1ccccc1)Cc1ccccc1. The largest absolute Gasteiger partial charge is 0.464 e. The van der Waals surface area contributed by atoms with Crippen LogP contribution in [0.3, 0.4) is 0 Å². The number of ether oxygens (including phenoxy) is 1. The lowest BCUT2D eigenvalue weighted by Crippen LogP contribution is -2.52. The van der Waals surface area contributed by atoms with Crippen LogP contribution in [0.5, 0.6) is 0 Å². The van der Waals surface area contributed by atoms with E-state index in [0.717, 1.165) is 26.1 Å². The van der Waals surface area contributed by atoms with E-state index in [-0.39, 0.29) is 18.1 Å². The highest BCUT2D eigenvalue weighted by atomic mass is 16.5. The number of hydrogen-bond acceptors (Lipinski definition) is 4. The van der Waals surface area contributed by atoms with Gasteiger partial charge in [-0.1, -0.05) is 105 Å². The first-order valence-corrected chi connectivity index (χ1v) is 12.2. The molecule has 0 bridgehead atoms. The maximum absolute atomic E-state index is 11.8. The second kappa shape index (κ2) is 13.7. The Bertz CT molecular complexity index is 919. The summed E-state index contributed by atoms with van der Waals surface area (Å²) in [7, 11) is 0. The van der Waals surface area contributed by atoms with Crippen molar-refractivity contribution in [2.24, 2.45) is 5.92 Å². The van der Waals surface area contributed by atoms with Gasteiger partial charge in [-0.3, -0.25) is 9.69 Å². The lowest BCUT2D eigenvalue weighted by Gasteiger charge is -2.39. The van der Waals surface area contributed by atoms with Gasteiger partial charge in [0.15, 0.2) is 0 Å². The molecule has 0 fully saturated rings. The maximum atomic E-state index is 11.8. The van der Waals surface area contributed by atoms with Crippen molar-refractivity contribution in [3.63, 3.8) is 0 Å². The molecule has 0 amide bonds. The zero-order valence-electron chi connectivity index (χ0n) is 20.7. The summed E-state index contributed by atoms with van der Waals surface area (Å²) in [5.74, 6) is 0.255. The van der Waals surface area contributed by atoms with Crippen molar-refractivity contribution in [1.82, 2.24) is 10.2 Å². The molecule has 0 aliphatic rings. The zero-order valence-corrected chi connectivity index (χ0v) is 20.7. The molecule has 34 heavy (non-hydrogen) atoms. The van der Waals surface area contributed by atoms with E-state index in [1.54, 1.807) is 0 Å². The van der Waals surface area contributed by atoms with E-state index >= 15 is 0 Å². The van der Waals surface area contributed by atoms with E-state index in [1.807, 2.05) is 6.07 Å². The Hall–Kier alpha value is -2.95. The Kier molecular flexibility index (Phi) is 10.3. The van der Waals surface area contributed by atoms with Crippen LogP contribution in [0.1, 0.15) is 43.9 Å². The van der Waals surface area contributed by atoms with Gasteiger partial charge in [0, 0.05) is 32.6 Å². The fourth-order valence-corrected chi connectivity index (χ4v) is 4.34. The molecule has 0 saturated carbocycles. The third-order valence-corrected chi connectivity index (χ3v) is 5.98. The zero-order chi connectivity index (χ0) is 24.2. The number of carbonyl (C=O) groups excluding carboxylic acids is 1. The molecule has 1 N–H and O–H groups in total. The second-order valence-corrected chi connectivity index (χ2v) is 9.35. The average molecular weight is 459 g/mol. The summed E-state index contributed by atoms with van der Waals surface area (Å²) in [6.45, 7) is 8.74. The topological polar surface area (TPSA) is 41.6 Å². The van der Waals surface area contributed by atoms with Gasteiger partial charge in [-0.25, -0.2) is 0 Å². The first kappa shape index (κ1) is 25.7. The molecule has 0 aromatic heterocycles. The van der Waals surface area contributed by atoms with Crippen molar-refractivity contribution in [3.8, 4) is 0 Å². The van der Waals surface area contributed by atoms with Crippen molar-refractivity contribution < 1.29 is 9.53 Å². The predicted octanol–water partition coefficient (Wildman–Crippen LogP) is 5.83. The summed E-state index contributed by atoms with van der Waals surface area (Å²) < 4.78 is 5.58. The van der Waals surface area contributed by atoms with Crippen molar-refractivity contribution in [3.05, 3.63) is 108 Å². The quantitative estimate of drug-likeness (QED) is 0.328. The Morgan fingerprint density at radius 3 is 1.71 bits per heavy atom. The minimum atomic E-state index is -0.243. The number of esters is 1. The molecule has 0 radical (unpaired) electrons. The van der Waals surface area contributed by atoms with E-state index in [0.29, 0.717) is 12.5 Å². The molecule has 180 valence electrons. The van der Waals surface area contributed by atoms with Gasteiger partial charge in [0.1, 0.15) is 6.61 Å². The van der Waals surface area contributed by atoms with Crippen molar-refractivity contribution in [2.45, 2.75) is 58.9 Å². The molecule has 4 heteroatoms. The van der Waals surface area contributed by atoms with E-state index in [4.69, 9.17) is 4.74 Å². The first-order valence-electron chi connectivity index (χ1n) is 12.2. The first-order chi connectivity index (χ1) is 16.5. The molecule has 4 nitrogen and oxygen atoms in total. The van der Waals surface area contributed by atoms with Gasteiger partial charge in [0.05, 0.1) is 6.04 Å². The molecular weight excluding hydrogens is 420 g/mol. The summed E-state index contributed by atoms with van der Waals surface area (Å²) in [4.78, 5) is 14.3. The highest BCUT2D eigenvalue weighted by Crippen LogP contribution is 2.22. The van der Waals surface area contributed by atoms with E-state index in [1.165, 1.54) is 23.6 Å². The van der Waals surface area contributed by atoms with Crippen LogP contribution in [0.15, 0.2) is 91.0 Å². The third-order valence-electron chi connectivity index (χ3n) is 5.98. The predicted molar refractivity (Wildman–Crippen MR) is 139 cm³/mol. The molecular formula is C30H38N2O2. The van der Waals surface area contributed by atoms with Gasteiger partial charge in [0.25, 0.3) is 0 Å². The fraction of sp³-hybridized carbons (Fsp3) is 0.367. The molecule has 3 rings (SSSR count). The van der Waals surface area contributed by atoms with Crippen LogP contribution in [-0.4, -0.2) is 29.6 Å². The number of nitrogens with zero attached hydrogens (tertiary/aromatic N) is 1. The molecule has 3 aromatic rings. The Morgan fingerprint density at radius 2 is 1.26 bits per heavy atom. The van der Waals surface area contributed by atoms with E-state index in [9.17, 15) is 4.79 Å². The van der Waals surface area contributed by atoms with Crippen LogP contribution < -0.4 is 5.32 Å². The fourth-order valence-electron chi connectivity index (χ4n) is 4.34. The van der Waals surface area contributed by atoms with Crippen molar-refractivity contribution >= 4 is 5.97 Å². The van der Waals surface area contributed by atoms with Crippen LogP contribution in [0.25, 0.3) is 0 Å². The normalized spacial score (nSPS) is 13.1. The summed E-state index contributed by atoms with van der Waals surface area (Å²) in [6.07, 6.45) is 0.993. The Morgan fingerprint density at radius 1 is 0.794 bits per heavy atom. The average Bonchev–Trinajstić information content (AvgIpc) is 2.84. The molecule has 3 aromatic carbocycles. The highest BCUT2D eigenvalue weighted by molar-refractivity contribution is 5.65. The molecule has 0 aliphatic carbocycles. The highest BCUT2D eigenvalue weighted by Gasteiger charge is 2.29. The Labute approximate surface area is 205 Å². The summed E-state index contributed by atoms with van der Waals surface area (Å²) >= 11 is 0. The van der Waals surface area contributed by atoms with Crippen molar-refractivity contribution in [1.29, 1.82) is 0 Å². The number of rotatable bonds is 13. The third kappa shape index (κ3) is 8.77. The van der Waals surface area contributed by atoms with Crippen LogP contribution >= 0.6 is 0 Å². The molecule has 0 spiro atoms. The maximum Gasteiger partial charge on any atom is 0.302 e. The number of nitrogens with one attached hydrogen (secondary N) is 1. The lowest BCUT2D eigenvalue weighted by atomic mass is 9.94. The summed E-state index contributed by atoms with van der Waals surface area (Å²) in [5.41, 5.74) is 3.78. The molecule has 0 heterocycles. The van der Waals surface area contributed by atoms with Gasteiger partial charge in [-0.05, 0) is 29.0 Å². The lowest BCUT2D eigenvalue weighted by molar-refractivity contribution is -0.142. The second-order valence-electron chi connectivity index (χ2n) is 9.35. The number of benzene rings is 3. The van der Waals surface area contributed by atoms with Gasteiger partial charge >= 0.3 is 5.97 Å². The molecule has 0 saturated heterocycles. The van der Waals surface area contributed by atoms with Gasteiger partial charge < -0.3 is 10.1 Å². The summed E-state index contributed by atoms with van der Waals surface area (Å²) in [5, 5.41) is 3.73. The minimum absolute atomic E-state index is 0.000990. The number of hydrogen-bond donors (Lipinski definition) is 1. The van der Waals surface area contributed by atoms with Crippen LogP contribution in [0.4, 0.5) is 0 Å². The molecule has 0 unspecified atom stereocenters. The van der Waals surface area contributed by atoms with E-state index < -0.39 is 0 Å². The molecule has 2 atom stereocenters. The van der Waals surface area contributed by atoms with Gasteiger partial charge in [0.2, 0.25) is 0 Å². The summed E-state index contributed by atoms with van der Waals surface area (Å²) in [6, 6.07) is 31.8. The minimum Gasteiger partial charge on any atom is -0.464 e. The van der Waals surface area contributed by atoms with Gasteiger partial charge in [-0.2, -0.15) is 0 Å². The van der Waals surface area contributed by atoms with Gasteiger partial charge in [-0.15, -0.1) is 0 Å². The number of carbonyl (C=O) groups is 1. The van der Waals surface area contributed by atoms with Crippen LogP contribution in [0.2, 0.25) is 0 Å². The standard InChI is InChI=1S/C30H38N2O2/c1-24(2)19-30(29(23-34-25(3)33)31-20-26-13-7-4-8-14-26)32(21-27-15-9-5-10-16-27)22-28-17-11-6-12-18-28/h4-18,24,29-31H,19-23H2,1-3H3/t29-,30-/m0/s1. The monoisotopic (exact) mass is 458 g/mol. The smallest absolute Gasteiger partial charge is 0.302 e. The van der Waals surface area contributed by atoms with Crippen molar-refractivity contribution in [2.75, 3.05) is 6.61 Å². The molecule has 0 aliphatic heterocycles. The Balaban J connectivity index is 1.90. The van der Waals surface area contributed by atoms with E-state index in [2.05, 4.69) is 109 Å².